The zero-order valence-corrected chi connectivity index (χ0v) is 10.5. The summed E-state index contributed by atoms with van der Waals surface area (Å²) in [5.74, 6) is 0.616. The van der Waals surface area contributed by atoms with Crippen molar-refractivity contribution in [3.63, 3.8) is 0 Å². The van der Waals surface area contributed by atoms with Crippen molar-refractivity contribution in [1.29, 1.82) is 0 Å². The van der Waals surface area contributed by atoms with Gasteiger partial charge in [-0.15, -0.1) is 12.4 Å². The van der Waals surface area contributed by atoms with Crippen LogP contribution in [0.1, 0.15) is 31.9 Å². The average Bonchev–Trinajstić information content (AvgIpc) is 2.08. The van der Waals surface area contributed by atoms with Gasteiger partial charge in [-0.3, -0.25) is 0 Å². The molecule has 0 aliphatic rings. The number of phenolic OH excluding ortho intramolecular Hbond substituents is 1. The minimum atomic E-state index is -0.145. The van der Waals surface area contributed by atoms with Crippen LogP contribution in [-0.4, -0.2) is 5.11 Å². The summed E-state index contributed by atoms with van der Waals surface area (Å²) in [4.78, 5) is 0. The summed E-state index contributed by atoms with van der Waals surface area (Å²) in [5.41, 5.74) is 6.67. The second-order valence-corrected chi connectivity index (χ2v) is 4.32. The van der Waals surface area contributed by atoms with Crippen LogP contribution in [0.5, 0.6) is 5.75 Å². The monoisotopic (exact) mass is 249 g/mol. The third-order valence-electron chi connectivity index (χ3n) is 2.14. The molecular weight excluding hydrogens is 233 g/mol. The molecule has 1 aromatic rings. The number of hydrogen-bond donors (Lipinski definition) is 2. The van der Waals surface area contributed by atoms with Crippen LogP contribution in [0.4, 0.5) is 0 Å². The maximum atomic E-state index is 9.67. The summed E-state index contributed by atoms with van der Waals surface area (Å²) in [5, 5.41) is 10.0. The van der Waals surface area contributed by atoms with Crippen LogP contribution in [0.3, 0.4) is 0 Å². The maximum absolute atomic E-state index is 9.67. The molecule has 1 atom stereocenters. The molecule has 4 heteroatoms. The number of rotatable bonds is 3. The van der Waals surface area contributed by atoms with Crippen molar-refractivity contribution >= 4 is 24.0 Å². The predicted octanol–water partition coefficient (Wildman–Crippen LogP) is 3.51. The third-order valence-corrected chi connectivity index (χ3v) is 2.45. The van der Waals surface area contributed by atoms with Crippen molar-refractivity contribution in [2.45, 2.75) is 26.3 Å². The van der Waals surface area contributed by atoms with Gasteiger partial charge in [-0.1, -0.05) is 37.6 Å². The Hall–Kier alpha value is -0.440. The molecule has 0 heterocycles. The lowest BCUT2D eigenvalue weighted by Crippen LogP contribution is -2.13. The first kappa shape index (κ1) is 14.6. The Morgan fingerprint density at radius 1 is 1.40 bits per heavy atom. The van der Waals surface area contributed by atoms with E-state index in [0.29, 0.717) is 10.9 Å². The van der Waals surface area contributed by atoms with Gasteiger partial charge in [0, 0.05) is 11.6 Å². The Bertz CT molecular complexity index is 315. The van der Waals surface area contributed by atoms with Gasteiger partial charge in [-0.2, -0.15) is 0 Å². The molecule has 3 N–H and O–H groups in total. The quantitative estimate of drug-likeness (QED) is 0.862. The molecule has 0 aliphatic heterocycles. The second kappa shape index (κ2) is 6.21. The van der Waals surface area contributed by atoms with E-state index in [1.165, 1.54) is 0 Å². The van der Waals surface area contributed by atoms with E-state index in [-0.39, 0.29) is 24.2 Å². The molecule has 0 bridgehead atoms. The minimum Gasteiger partial charge on any atom is -0.506 e. The molecule has 15 heavy (non-hydrogen) atoms. The summed E-state index contributed by atoms with van der Waals surface area (Å²) in [6.45, 7) is 4.20. The van der Waals surface area contributed by atoms with Crippen molar-refractivity contribution in [2.75, 3.05) is 0 Å². The van der Waals surface area contributed by atoms with Gasteiger partial charge in [-0.05, 0) is 18.4 Å². The predicted molar refractivity (Wildman–Crippen MR) is 66.7 cm³/mol. The molecule has 1 aromatic carbocycles. The largest absolute Gasteiger partial charge is 0.506 e. The number of hydrogen-bond acceptors (Lipinski definition) is 2. The lowest BCUT2D eigenvalue weighted by molar-refractivity contribution is 0.445. The summed E-state index contributed by atoms with van der Waals surface area (Å²) < 4.78 is 0. The van der Waals surface area contributed by atoms with Crippen molar-refractivity contribution in [3.8, 4) is 5.75 Å². The van der Waals surface area contributed by atoms with Gasteiger partial charge in [0.25, 0.3) is 0 Å². The summed E-state index contributed by atoms with van der Waals surface area (Å²) >= 11 is 5.79. The van der Waals surface area contributed by atoms with Crippen LogP contribution < -0.4 is 5.73 Å². The molecule has 86 valence electrons. The Morgan fingerprint density at radius 3 is 2.53 bits per heavy atom. The number of phenols is 1. The molecule has 0 saturated carbocycles. The summed E-state index contributed by atoms with van der Waals surface area (Å²) in [6, 6.07) is 5.13. The second-order valence-electron chi connectivity index (χ2n) is 3.91. The van der Waals surface area contributed by atoms with Gasteiger partial charge in [0.2, 0.25) is 0 Å². The minimum absolute atomic E-state index is 0. The zero-order chi connectivity index (χ0) is 10.7. The van der Waals surface area contributed by atoms with Crippen LogP contribution in [0.25, 0.3) is 0 Å². The fourth-order valence-corrected chi connectivity index (χ4v) is 1.65. The van der Waals surface area contributed by atoms with Gasteiger partial charge in [0.1, 0.15) is 5.75 Å². The Labute approximate surface area is 102 Å². The molecule has 0 spiro atoms. The van der Waals surface area contributed by atoms with E-state index in [4.69, 9.17) is 17.3 Å². The van der Waals surface area contributed by atoms with Gasteiger partial charge in [0.15, 0.2) is 0 Å². The Kier molecular flexibility index (Phi) is 6.03. The van der Waals surface area contributed by atoms with Crippen molar-refractivity contribution in [1.82, 2.24) is 0 Å². The smallest absolute Gasteiger partial charge is 0.138 e. The van der Waals surface area contributed by atoms with E-state index in [1.807, 2.05) is 6.07 Å². The molecule has 0 radical (unpaired) electrons. The van der Waals surface area contributed by atoms with Gasteiger partial charge >= 0.3 is 0 Å². The van der Waals surface area contributed by atoms with Crippen LogP contribution in [0.2, 0.25) is 5.02 Å². The van der Waals surface area contributed by atoms with Crippen LogP contribution in [0.15, 0.2) is 18.2 Å². The van der Waals surface area contributed by atoms with E-state index < -0.39 is 0 Å². The SMILES string of the molecule is CC(C)C[C@@H](N)c1cccc(Cl)c1O.Cl. The van der Waals surface area contributed by atoms with Crippen LogP contribution in [-0.2, 0) is 0 Å². The first-order chi connectivity index (χ1) is 6.52. The topological polar surface area (TPSA) is 46.2 Å². The average molecular weight is 250 g/mol. The molecule has 0 aliphatic carbocycles. The molecule has 0 amide bonds. The van der Waals surface area contributed by atoms with Gasteiger partial charge < -0.3 is 10.8 Å². The Morgan fingerprint density at radius 2 is 2.00 bits per heavy atom. The van der Waals surface area contributed by atoms with Crippen molar-refractivity contribution in [2.24, 2.45) is 11.7 Å². The normalized spacial score (nSPS) is 12.3. The molecule has 0 fully saturated rings. The molecule has 1 rings (SSSR count). The fourth-order valence-electron chi connectivity index (χ4n) is 1.47. The lowest BCUT2D eigenvalue weighted by atomic mass is 9.97. The first-order valence-corrected chi connectivity index (χ1v) is 5.13. The molecule has 2 nitrogen and oxygen atoms in total. The maximum Gasteiger partial charge on any atom is 0.138 e. The number of para-hydroxylation sites is 1. The molecule has 0 aromatic heterocycles. The van der Waals surface area contributed by atoms with E-state index in [0.717, 1.165) is 12.0 Å². The molecule has 0 unspecified atom stereocenters. The number of nitrogens with two attached hydrogens (primary N) is 1. The van der Waals surface area contributed by atoms with E-state index in [1.54, 1.807) is 12.1 Å². The highest BCUT2D eigenvalue weighted by Crippen LogP contribution is 2.32. The first-order valence-electron chi connectivity index (χ1n) is 4.75. The van der Waals surface area contributed by atoms with Crippen LogP contribution >= 0.6 is 24.0 Å². The fraction of sp³-hybridized carbons (Fsp3) is 0.455. The van der Waals surface area contributed by atoms with Crippen molar-refractivity contribution in [3.05, 3.63) is 28.8 Å². The van der Waals surface area contributed by atoms with Crippen LogP contribution in [0, 0.1) is 5.92 Å². The Balaban J connectivity index is 0.00000196. The van der Waals surface area contributed by atoms with Gasteiger partial charge in [-0.25, -0.2) is 0 Å². The molecule has 0 saturated heterocycles. The highest BCUT2D eigenvalue weighted by atomic mass is 35.5. The number of halogens is 2. The number of aromatic hydroxyl groups is 1. The zero-order valence-electron chi connectivity index (χ0n) is 8.90. The van der Waals surface area contributed by atoms with E-state index in [9.17, 15) is 5.11 Å². The summed E-state index contributed by atoms with van der Waals surface area (Å²) in [7, 11) is 0. The molecular formula is C11H17Cl2NO. The standard InChI is InChI=1S/C11H16ClNO.ClH/c1-7(2)6-10(13)8-4-3-5-9(12)11(8)14;/h3-5,7,10,14H,6,13H2,1-2H3;1H/t10-;/m1./s1. The van der Waals surface area contributed by atoms with Gasteiger partial charge in [0.05, 0.1) is 5.02 Å². The van der Waals surface area contributed by atoms with E-state index >= 15 is 0 Å². The van der Waals surface area contributed by atoms with Crippen molar-refractivity contribution < 1.29 is 5.11 Å². The highest BCUT2D eigenvalue weighted by Gasteiger charge is 2.13. The third kappa shape index (κ3) is 3.90. The van der Waals surface area contributed by atoms with E-state index in [2.05, 4.69) is 13.8 Å². The highest BCUT2D eigenvalue weighted by molar-refractivity contribution is 6.32. The summed E-state index contributed by atoms with van der Waals surface area (Å²) in [6.07, 6.45) is 0.841. The lowest BCUT2D eigenvalue weighted by Gasteiger charge is -2.16. The number of benzene rings is 1.